The summed E-state index contributed by atoms with van der Waals surface area (Å²) >= 11 is 0. The lowest BCUT2D eigenvalue weighted by Crippen LogP contribution is -2.46. The van der Waals surface area contributed by atoms with Crippen LogP contribution in [0.5, 0.6) is 5.75 Å². The number of hydrogen-bond acceptors (Lipinski definition) is 4. The average Bonchev–Trinajstić information content (AvgIpc) is 2.53. The molecule has 120 valence electrons. The molecule has 1 rings (SSSR count). The highest BCUT2D eigenvalue weighted by Gasteiger charge is 2.21. The number of ether oxygens (including phenoxy) is 2. The molecule has 0 aliphatic rings. The van der Waals surface area contributed by atoms with Gasteiger partial charge in [0.15, 0.2) is 0 Å². The first-order valence-corrected chi connectivity index (χ1v) is 7.81. The first kappa shape index (κ1) is 18.0. The maximum Gasteiger partial charge on any atom is 0.119 e. The Labute approximate surface area is 128 Å². The first-order chi connectivity index (χ1) is 10.2. The third-order valence-electron chi connectivity index (χ3n) is 3.41. The molecule has 0 saturated heterocycles. The van der Waals surface area contributed by atoms with E-state index in [0.29, 0.717) is 19.8 Å². The Balaban J connectivity index is 2.03. The minimum Gasteiger partial charge on any atom is -0.491 e. The van der Waals surface area contributed by atoms with Gasteiger partial charge in [-0.3, -0.25) is 0 Å². The molecular formula is C17H29NO3. The van der Waals surface area contributed by atoms with E-state index in [2.05, 4.69) is 19.2 Å². The van der Waals surface area contributed by atoms with Crippen molar-refractivity contribution in [2.75, 3.05) is 33.0 Å². The lowest BCUT2D eigenvalue weighted by Gasteiger charge is -2.28. The maximum atomic E-state index is 9.46. The highest BCUT2D eigenvalue weighted by atomic mass is 16.5. The van der Waals surface area contributed by atoms with E-state index in [9.17, 15) is 5.11 Å². The van der Waals surface area contributed by atoms with Crippen LogP contribution < -0.4 is 10.1 Å². The monoisotopic (exact) mass is 295 g/mol. The molecule has 0 spiro atoms. The van der Waals surface area contributed by atoms with E-state index in [-0.39, 0.29) is 12.1 Å². The summed E-state index contributed by atoms with van der Waals surface area (Å²) in [6.07, 6.45) is 2.91. The molecule has 1 unspecified atom stereocenters. The van der Waals surface area contributed by atoms with Crippen molar-refractivity contribution in [3.05, 3.63) is 30.3 Å². The number of nitrogens with one attached hydrogen (secondary N) is 1. The van der Waals surface area contributed by atoms with Gasteiger partial charge in [0.25, 0.3) is 0 Å². The zero-order valence-electron chi connectivity index (χ0n) is 13.3. The minimum atomic E-state index is -0.195. The third kappa shape index (κ3) is 8.05. The SMILES string of the molecule is CCCNC(C)(CO)CCCOCCOc1ccccc1. The van der Waals surface area contributed by atoms with Crippen molar-refractivity contribution in [3.63, 3.8) is 0 Å². The van der Waals surface area contributed by atoms with Crippen LogP contribution in [-0.4, -0.2) is 43.6 Å². The number of aliphatic hydroxyl groups excluding tert-OH is 1. The fraction of sp³-hybridized carbons (Fsp3) is 0.647. The predicted molar refractivity (Wildman–Crippen MR) is 85.8 cm³/mol. The van der Waals surface area contributed by atoms with E-state index < -0.39 is 0 Å². The van der Waals surface area contributed by atoms with Crippen LogP contribution in [0.15, 0.2) is 30.3 Å². The van der Waals surface area contributed by atoms with Gasteiger partial charge in [-0.15, -0.1) is 0 Å². The van der Waals surface area contributed by atoms with Crippen molar-refractivity contribution >= 4 is 0 Å². The van der Waals surface area contributed by atoms with Crippen molar-refractivity contribution in [3.8, 4) is 5.75 Å². The second-order valence-electron chi connectivity index (χ2n) is 5.52. The number of hydrogen-bond donors (Lipinski definition) is 2. The Morgan fingerprint density at radius 3 is 2.57 bits per heavy atom. The second-order valence-corrected chi connectivity index (χ2v) is 5.52. The van der Waals surface area contributed by atoms with Gasteiger partial charge in [-0.2, -0.15) is 0 Å². The van der Waals surface area contributed by atoms with E-state index in [1.54, 1.807) is 0 Å². The molecule has 0 heterocycles. The summed E-state index contributed by atoms with van der Waals surface area (Å²) in [5, 5.41) is 12.8. The van der Waals surface area contributed by atoms with Gasteiger partial charge in [-0.25, -0.2) is 0 Å². The molecule has 0 amide bonds. The molecule has 0 aromatic heterocycles. The van der Waals surface area contributed by atoms with E-state index in [0.717, 1.165) is 31.6 Å². The molecule has 4 nitrogen and oxygen atoms in total. The van der Waals surface area contributed by atoms with Gasteiger partial charge in [0, 0.05) is 12.1 Å². The third-order valence-corrected chi connectivity index (χ3v) is 3.41. The summed E-state index contributed by atoms with van der Waals surface area (Å²) in [6.45, 7) is 7.12. The molecule has 0 aliphatic carbocycles. The lowest BCUT2D eigenvalue weighted by molar-refractivity contribution is 0.0866. The molecule has 0 saturated carbocycles. The molecule has 1 aromatic carbocycles. The predicted octanol–water partition coefficient (Wildman–Crippen LogP) is 2.61. The summed E-state index contributed by atoms with van der Waals surface area (Å²) in [5.41, 5.74) is -0.195. The maximum absolute atomic E-state index is 9.46. The van der Waals surface area contributed by atoms with E-state index in [1.807, 2.05) is 30.3 Å². The molecule has 2 N–H and O–H groups in total. The average molecular weight is 295 g/mol. The summed E-state index contributed by atoms with van der Waals surface area (Å²) in [5.74, 6) is 0.873. The molecule has 0 fully saturated rings. The van der Waals surface area contributed by atoms with Crippen LogP contribution in [0.1, 0.15) is 33.1 Å². The molecule has 1 atom stereocenters. The zero-order chi connectivity index (χ0) is 15.4. The van der Waals surface area contributed by atoms with Gasteiger partial charge >= 0.3 is 0 Å². The zero-order valence-corrected chi connectivity index (χ0v) is 13.3. The Kier molecular flexibility index (Phi) is 9.06. The Hall–Kier alpha value is -1.10. The summed E-state index contributed by atoms with van der Waals surface area (Å²) < 4.78 is 11.1. The Bertz CT molecular complexity index is 358. The number of para-hydroxylation sites is 1. The highest BCUT2D eigenvalue weighted by molar-refractivity contribution is 5.20. The minimum absolute atomic E-state index is 0.157. The second kappa shape index (κ2) is 10.6. The van der Waals surface area contributed by atoms with E-state index >= 15 is 0 Å². The van der Waals surface area contributed by atoms with Gasteiger partial charge in [0.05, 0.1) is 13.2 Å². The van der Waals surface area contributed by atoms with Crippen LogP contribution in [0.25, 0.3) is 0 Å². The topological polar surface area (TPSA) is 50.7 Å². The Morgan fingerprint density at radius 2 is 1.90 bits per heavy atom. The standard InChI is InChI=1S/C17H29NO3/c1-3-11-18-17(2,15-19)10-7-12-20-13-14-21-16-8-5-4-6-9-16/h4-6,8-9,18-19H,3,7,10-15H2,1-2H3. The van der Waals surface area contributed by atoms with Crippen LogP contribution in [0, 0.1) is 0 Å². The first-order valence-electron chi connectivity index (χ1n) is 7.81. The van der Waals surface area contributed by atoms with Crippen molar-refractivity contribution < 1.29 is 14.6 Å². The quantitative estimate of drug-likeness (QED) is 0.582. The smallest absolute Gasteiger partial charge is 0.119 e. The van der Waals surface area contributed by atoms with Crippen molar-refractivity contribution in [2.45, 2.75) is 38.6 Å². The molecule has 0 radical (unpaired) electrons. The summed E-state index contributed by atoms with van der Waals surface area (Å²) in [4.78, 5) is 0. The number of rotatable bonds is 12. The van der Waals surface area contributed by atoms with Gasteiger partial charge in [-0.1, -0.05) is 25.1 Å². The molecule has 0 aliphatic heterocycles. The van der Waals surface area contributed by atoms with Gasteiger partial charge in [0.1, 0.15) is 12.4 Å². The highest BCUT2D eigenvalue weighted by Crippen LogP contribution is 2.12. The fourth-order valence-corrected chi connectivity index (χ4v) is 2.05. The van der Waals surface area contributed by atoms with Crippen LogP contribution in [0.3, 0.4) is 0 Å². The normalized spacial score (nSPS) is 13.9. The Morgan fingerprint density at radius 1 is 1.14 bits per heavy atom. The molecule has 1 aromatic rings. The summed E-state index contributed by atoms with van der Waals surface area (Å²) in [7, 11) is 0. The van der Waals surface area contributed by atoms with Crippen LogP contribution in [-0.2, 0) is 4.74 Å². The number of aliphatic hydroxyl groups is 1. The van der Waals surface area contributed by atoms with Crippen molar-refractivity contribution in [2.24, 2.45) is 0 Å². The van der Waals surface area contributed by atoms with Crippen molar-refractivity contribution in [1.29, 1.82) is 0 Å². The molecular weight excluding hydrogens is 266 g/mol. The van der Waals surface area contributed by atoms with E-state index in [4.69, 9.17) is 9.47 Å². The number of benzene rings is 1. The van der Waals surface area contributed by atoms with E-state index in [1.165, 1.54) is 0 Å². The van der Waals surface area contributed by atoms with Gasteiger partial charge in [-0.05, 0) is 44.9 Å². The van der Waals surface area contributed by atoms with Gasteiger partial charge < -0.3 is 19.9 Å². The lowest BCUT2D eigenvalue weighted by atomic mass is 9.97. The van der Waals surface area contributed by atoms with Crippen LogP contribution >= 0.6 is 0 Å². The van der Waals surface area contributed by atoms with Crippen LogP contribution in [0.2, 0.25) is 0 Å². The largest absolute Gasteiger partial charge is 0.491 e. The van der Waals surface area contributed by atoms with Crippen molar-refractivity contribution in [1.82, 2.24) is 5.32 Å². The molecule has 0 bridgehead atoms. The van der Waals surface area contributed by atoms with Gasteiger partial charge in [0.2, 0.25) is 0 Å². The molecule has 4 heteroatoms. The fourth-order valence-electron chi connectivity index (χ4n) is 2.05. The molecule has 21 heavy (non-hydrogen) atoms. The summed E-state index contributed by atoms with van der Waals surface area (Å²) in [6, 6.07) is 9.75. The van der Waals surface area contributed by atoms with Crippen LogP contribution in [0.4, 0.5) is 0 Å².